The van der Waals surface area contributed by atoms with Gasteiger partial charge in [0.25, 0.3) is 0 Å². The minimum atomic E-state index is 0.523. The molecule has 4 rings (SSSR count). The van der Waals surface area contributed by atoms with E-state index in [0.29, 0.717) is 12.0 Å². The molecule has 0 bridgehead atoms. The molecule has 0 amide bonds. The molecule has 2 N–H and O–H groups in total. The second-order valence-electron chi connectivity index (χ2n) is 6.53. The first-order chi connectivity index (χ1) is 11.8. The average molecular weight is 318 g/mol. The van der Waals surface area contributed by atoms with Crippen LogP contribution in [0.25, 0.3) is 10.9 Å². The number of nitrogens with one attached hydrogen (secondary N) is 2. The number of benzene rings is 2. The van der Waals surface area contributed by atoms with Gasteiger partial charge < -0.3 is 10.6 Å². The SMILES string of the molecule is Cc1cccc(Nc2nc(NC3CCCC3)c3ccccc3n2)c1. The summed E-state index contributed by atoms with van der Waals surface area (Å²) in [6, 6.07) is 17.0. The van der Waals surface area contributed by atoms with Crippen LogP contribution in [0.5, 0.6) is 0 Å². The van der Waals surface area contributed by atoms with Crippen molar-refractivity contribution in [1.82, 2.24) is 9.97 Å². The van der Waals surface area contributed by atoms with E-state index in [4.69, 9.17) is 4.98 Å². The fourth-order valence-corrected chi connectivity index (χ4v) is 3.36. The van der Waals surface area contributed by atoms with E-state index in [2.05, 4.69) is 40.7 Å². The zero-order chi connectivity index (χ0) is 16.4. The average Bonchev–Trinajstić information content (AvgIpc) is 3.08. The molecule has 4 heteroatoms. The molecule has 24 heavy (non-hydrogen) atoms. The van der Waals surface area contributed by atoms with E-state index in [1.54, 1.807) is 0 Å². The van der Waals surface area contributed by atoms with Gasteiger partial charge in [-0.15, -0.1) is 0 Å². The summed E-state index contributed by atoms with van der Waals surface area (Å²) in [7, 11) is 0. The largest absolute Gasteiger partial charge is 0.367 e. The lowest BCUT2D eigenvalue weighted by Gasteiger charge is -2.16. The van der Waals surface area contributed by atoms with Crippen molar-refractivity contribution in [3.63, 3.8) is 0 Å². The second-order valence-corrected chi connectivity index (χ2v) is 6.53. The van der Waals surface area contributed by atoms with Crippen LogP contribution in [0.2, 0.25) is 0 Å². The highest BCUT2D eigenvalue weighted by molar-refractivity contribution is 5.90. The Kier molecular flexibility index (Phi) is 4.03. The van der Waals surface area contributed by atoms with E-state index in [0.717, 1.165) is 22.4 Å². The van der Waals surface area contributed by atoms with Gasteiger partial charge in [-0.25, -0.2) is 4.98 Å². The first-order valence-corrected chi connectivity index (χ1v) is 8.65. The first kappa shape index (κ1) is 14.9. The van der Waals surface area contributed by atoms with Gasteiger partial charge in [-0.3, -0.25) is 0 Å². The van der Waals surface area contributed by atoms with Crippen molar-refractivity contribution < 1.29 is 0 Å². The van der Waals surface area contributed by atoms with Crippen LogP contribution < -0.4 is 10.6 Å². The van der Waals surface area contributed by atoms with Crippen LogP contribution in [-0.2, 0) is 0 Å². The van der Waals surface area contributed by atoms with Gasteiger partial charge in [0, 0.05) is 17.1 Å². The number of fused-ring (bicyclic) bond motifs is 1. The monoisotopic (exact) mass is 318 g/mol. The van der Waals surface area contributed by atoms with E-state index in [1.165, 1.54) is 31.2 Å². The standard InChI is InChI=1S/C20H22N4/c1-14-7-6-10-16(13-14)22-20-23-18-12-5-4-11-17(18)19(24-20)21-15-8-2-3-9-15/h4-7,10-13,15H,2-3,8-9H2,1H3,(H2,21,22,23,24). The topological polar surface area (TPSA) is 49.8 Å². The molecule has 1 fully saturated rings. The molecule has 4 nitrogen and oxygen atoms in total. The first-order valence-electron chi connectivity index (χ1n) is 8.65. The van der Waals surface area contributed by atoms with E-state index < -0.39 is 0 Å². The fraction of sp³-hybridized carbons (Fsp3) is 0.300. The molecular weight excluding hydrogens is 296 g/mol. The molecule has 0 spiro atoms. The summed E-state index contributed by atoms with van der Waals surface area (Å²) in [6.45, 7) is 2.08. The van der Waals surface area contributed by atoms with E-state index in [-0.39, 0.29) is 0 Å². The Morgan fingerprint density at radius 3 is 2.62 bits per heavy atom. The van der Waals surface area contributed by atoms with Gasteiger partial charge in [0.2, 0.25) is 5.95 Å². The van der Waals surface area contributed by atoms with Gasteiger partial charge in [-0.05, 0) is 49.6 Å². The normalized spacial score (nSPS) is 14.9. The molecule has 0 radical (unpaired) electrons. The summed E-state index contributed by atoms with van der Waals surface area (Å²) in [5, 5.41) is 8.05. The lowest BCUT2D eigenvalue weighted by Crippen LogP contribution is -2.16. The number of aromatic nitrogens is 2. The molecule has 0 unspecified atom stereocenters. The van der Waals surface area contributed by atoms with E-state index >= 15 is 0 Å². The summed E-state index contributed by atoms with van der Waals surface area (Å²) in [6.07, 6.45) is 5.04. The van der Waals surface area contributed by atoms with Crippen LogP contribution in [-0.4, -0.2) is 16.0 Å². The number of hydrogen-bond acceptors (Lipinski definition) is 4. The summed E-state index contributed by atoms with van der Waals surface area (Å²) < 4.78 is 0. The Labute approximate surface area is 142 Å². The molecule has 1 aliphatic carbocycles. The predicted octanol–water partition coefficient (Wildman–Crippen LogP) is 5.04. The number of aryl methyl sites for hydroxylation is 1. The maximum atomic E-state index is 4.76. The Hall–Kier alpha value is -2.62. The summed E-state index contributed by atoms with van der Waals surface area (Å²) in [5.74, 6) is 1.57. The molecule has 0 saturated heterocycles. The Morgan fingerprint density at radius 2 is 1.79 bits per heavy atom. The van der Waals surface area contributed by atoms with Crippen molar-refractivity contribution in [3.8, 4) is 0 Å². The number of rotatable bonds is 4. The lowest BCUT2D eigenvalue weighted by atomic mass is 10.2. The van der Waals surface area contributed by atoms with Crippen LogP contribution in [0.3, 0.4) is 0 Å². The highest BCUT2D eigenvalue weighted by Gasteiger charge is 2.17. The van der Waals surface area contributed by atoms with Gasteiger partial charge in [0.1, 0.15) is 5.82 Å². The van der Waals surface area contributed by atoms with Crippen LogP contribution >= 0.6 is 0 Å². The van der Waals surface area contributed by atoms with Crippen LogP contribution in [0.15, 0.2) is 48.5 Å². The number of hydrogen-bond donors (Lipinski definition) is 2. The number of anilines is 3. The summed E-state index contributed by atoms with van der Waals surface area (Å²) in [4.78, 5) is 9.43. The maximum absolute atomic E-state index is 4.76. The highest BCUT2D eigenvalue weighted by atomic mass is 15.2. The van der Waals surface area contributed by atoms with E-state index in [1.807, 2.05) is 30.3 Å². The predicted molar refractivity (Wildman–Crippen MR) is 99.9 cm³/mol. The number of nitrogens with zero attached hydrogens (tertiary/aromatic N) is 2. The molecule has 0 aliphatic heterocycles. The zero-order valence-corrected chi connectivity index (χ0v) is 13.9. The molecule has 1 saturated carbocycles. The minimum absolute atomic E-state index is 0.523. The van der Waals surface area contributed by atoms with Crippen molar-refractivity contribution in [1.29, 1.82) is 0 Å². The van der Waals surface area contributed by atoms with Crippen molar-refractivity contribution >= 4 is 28.4 Å². The van der Waals surface area contributed by atoms with Gasteiger partial charge in [-0.1, -0.05) is 37.1 Å². The fourth-order valence-electron chi connectivity index (χ4n) is 3.36. The zero-order valence-electron chi connectivity index (χ0n) is 13.9. The Balaban J connectivity index is 1.70. The Morgan fingerprint density at radius 1 is 0.958 bits per heavy atom. The molecule has 3 aromatic rings. The van der Waals surface area contributed by atoms with Gasteiger partial charge in [0.05, 0.1) is 5.52 Å². The second kappa shape index (κ2) is 6.48. The van der Waals surface area contributed by atoms with Crippen LogP contribution in [0.4, 0.5) is 17.5 Å². The van der Waals surface area contributed by atoms with Gasteiger partial charge in [0.15, 0.2) is 0 Å². The maximum Gasteiger partial charge on any atom is 0.229 e. The summed E-state index contributed by atoms with van der Waals surface area (Å²) >= 11 is 0. The Bertz CT molecular complexity index is 853. The van der Waals surface area contributed by atoms with E-state index in [9.17, 15) is 0 Å². The smallest absolute Gasteiger partial charge is 0.229 e. The van der Waals surface area contributed by atoms with Crippen molar-refractivity contribution in [3.05, 3.63) is 54.1 Å². The van der Waals surface area contributed by atoms with Crippen LogP contribution in [0.1, 0.15) is 31.2 Å². The molecule has 1 aromatic heterocycles. The molecular formula is C20H22N4. The minimum Gasteiger partial charge on any atom is -0.367 e. The molecule has 1 heterocycles. The highest BCUT2D eigenvalue weighted by Crippen LogP contribution is 2.27. The van der Waals surface area contributed by atoms with Crippen molar-refractivity contribution in [2.24, 2.45) is 0 Å². The molecule has 0 atom stereocenters. The quantitative estimate of drug-likeness (QED) is 0.708. The van der Waals surface area contributed by atoms with Crippen molar-refractivity contribution in [2.45, 2.75) is 38.6 Å². The summed E-state index contributed by atoms with van der Waals surface area (Å²) in [5.41, 5.74) is 3.19. The third kappa shape index (κ3) is 3.18. The molecule has 2 aromatic carbocycles. The number of para-hydroxylation sites is 1. The molecule has 122 valence electrons. The third-order valence-corrected chi connectivity index (χ3v) is 4.57. The molecule has 1 aliphatic rings. The van der Waals surface area contributed by atoms with Crippen molar-refractivity contribution in [2.75, 3.05) is 10.6 Å². The van der Waals surface area contributed by atoms with Gasteiger partial charge in [-0.2, -0.15) is 4.98 Å². The van der Waals surface area contributed by atoms with Gasteiger partial charge >= 0.3 is 0 Å². The van der Waals surface area contributed by atoms with Crippen LogP contribution in [0, 0.1) is 6.92 Å². The lowest BCUT2D eigenvalue weighted by molar-refractivity contribution is 0.752. The third-order valence-electron chi connectivity index (χ3n) is 4.57.